The van der Waals surface area contributed by atoms with Crippen LogP contribution in [0.4, 0.5) is 0 Å². The van der Waals surface area contributed by atoms with Crippen LogP contribution in [0.5, 0.6) is 5.75 Å². The number of hydrogen-bond donors (Lipinski definition) is 3. The van der Waals surface area contributed by atoms with E-state index in [1.807, 2.05) is 49.4 Å². The molecule has 0 saturated heterocycles. The number of H-pyrrole nitrogens is 2. The Bertz CT molecular complexity index is 1380. The Morgan fingerprint density at radius 2 is 2.00 bits per heavy atom. The maximum atomic E-state index is 12.3. The van der Waals surface area contributed by atoms with Crippen molar-refractivity contribution < 1.29 is 14.6 Å². The number of carboxylic acid groups (broad SMARTS) is 1. The van der Waals surface area contributed by atoms with Crippen LogP contribution in [0, 0.1) is 5.41 Å². The van der Waals surface area contributed by atoms with Crippen LogP contribution < -0.4 is 10.3 Å². The first-order valence-corrected chi connectivity index (χ1v) is 10.5. The molecule has 0 amide bonds. The standard InChI is InChI=1S/C24H22N4O4/c1-2-32-18-11-16(15-5-3-4-14(10-15)12-24(8-9-24)23(30)31)6-7-17(18)20-27-21-19(22(29)28-20)25-13-26-21/h3-7,10-11,13H,2,8-9,12H2,1H3,(H,30,31)(H2,25,26,27,28,29). The summed E-state index contributed by atoms with van der Waals surface area (Å²) in [6.45, 7) is 2.34. The lowest BCUT2D eigenvalue weighted by Crippen LogP contribution is -2.17. The molecule has 4 aromatic rings. The molecule has 3 N–H and O–H groups in total. The number of aromatic nitrogens is 4. The molecule has 0 aliphatic heterocycles. The minimum Gasteiger partial charge on any atom is -0.493 e. The van der Waals surface area contributed by atoms with Gasteiger partial charge in [-0.05, 0) is 55.0 Å². The normalized spacial score (nSPS) is 14.4. The van der Waals surface area contributed by atoms with Crippen molar-refractivity contribution in [2.45, 2.75) is 26.2 Å². The Morgan fingerprint density at radius 1 is 1.19 bits per heavy atom. The van der Waals surface area contributed by atoms with E-state index in [0.717, 1.165) is 29.5 Å². The quantitative estimate of drug-likeness (QED) is 0.410. The van der Waals surface area contributed by atoms with E-state index in [1.165, 1.54) is 6.33 Å². The van der Waals surface area contributed by atoms with Crippen molar-refractivity contribution in [2.75, 3.05) is 6.61 Å². The number of hydrogen-bond acceptors (Lipinski definition) is 5. The summed E-state index contributed by atoms with van der Waals surface area (Å²) < 4.78 is 5.87. The van der Waals surface area contributed by atoms with E-state index in [0.29, 0.717) is 41.3 Å². The molecule has 0 unspecified atom stereocenters. The van der Waals surface area contributed by atoms with E-state index < -0.39 is 11.4 Å². The summed E-state index contributed by atoms with van der Waals surface area (Å²) in [4.78, 5) is 38.0. The molecule has 0 bridgehead atoms. The van der Waals surface area contributed by atoms with Crippen molar-refractivity contribution in [1.82, 2.24) is 19.9 Å². The third kappa shape index (κ3) is 3.53. The van der Waals surface area contributed by atoms with Gasteiger partial charge in [0, 0.05) is 0 Å². The number of ether oxygens (including phenoxy) is 1. The maximum Gasteiger partial charge on any atom is 0.309 e. The summed E-state index contributed by atoms with van der Waals surface area (Å²) in [6, 6.07) is 13.7. The molecule has 8 nitrogen and oxygen atoms in total. The molecule has 1 fully saturated rings. The molecule has 5 rings (SSSR count). The van der Waals surface area contributed by atoms with E-state index in [9.17, 15) is 14.7 Å². The van der Waals surface area contributed by atoms with Gasteiger partial charge in [0.25, 0.3) is 5.56 Å². The Balaban J connectivity index is 1.52. The first-order valence-electron chi connectivity index (χ1n) is 10.5. The smallest absolute Gasteiger partial charge is 0.309 e. The summed E-state index contributed by atoms with van der Waals surface area (Å²) in [7, 11) is 0. The third-order valence-corrected chi connectivity index (χ3v) is 5.94. The van der Waals surface area contributed by atoms with Gasteiger partial charge in [-0.2, -0.15) is 0 Å². The van der Waals surface area contributed by atoms with Crippen LogP contribution in [0.2, 0.25) is 0 Å². The van der Waals surface area contributed by atoms with Gasteiger partial charge in [0.2, 0.25) is 0 Å². The average Bonchev–Trinajstić information content (AvgIpc) is 3.41. The van der Waals surface area contributed by atoms with Gasteiger partial charge in [0.15, 0.2) is 11.2 Å². The number of nitrogens with zero attached hydrogens (tertiary/aromatic N) is 2. The lowest BCUT2D eigenvalue weighted by Gasteiger charge is -2.14. The fourth-order valence-electron chi connectivity index (χ4n) is 4.01. The van der Waals surface area contributed by atoms with Crippen LogP contribution >= 0.6 is 0 Å². The number of rotatable bonds is 7. The Morgan fingerprint density at radius 3 is 2.75 bits per heavy atom. The highest BCUT2D eigenvalue weighted by Crippen LogP contribution is 2.48. The van der Waals surface area contributed by atoms with Gasteiger partial charge in [-0.3, -0.25) is 9.59 Å². The number of fused-ring (bicyclic) bond motifs is 1. The summed E-state index contributed by atoms with van der Waals surface area (Å²) in [5.74, 6) is 0.259. The topological polar surface area (TPSA) is 121 Å². The highest BCUT2D eigenvalue weighted by molar-refractivity contribution is 5.79. The van der Waals surface area contributed by atoms with Crippen molar-refractivity contribution in [3.8, 4) is 28.3 Å². The van der Waals surface area contributed by atoms with Gasteiger partial charge in [0.1, 0.15) is 11.6 Å². The molecule has 8 heteroatoms. The molecule has 1 saturated carbocycles. The summed E-state index contributed by atoms with van der Waals surface area (Å²) >= 11 is 0. The molecular formula is C24H22N4O4. The van der Waals surface area contributed by atoms with Gasteiger partial charge in [-0.1, -0.05) is 30.3 Å². The van der Waals surface area contributed by atoms with Gasteiger partial charge in [-0.25, -0.2) is 9.97 Å². The molecule has 0 radical (unpaired) electrons. The number of benzene rings is 2. The van der Waals surface area contributed by atoms with Crippen LogP contribution in [0.1, 0.15) is 25.3 Å². The number of nitrogens with one attached hydrogen (secondary N) is 2. The van der Waals surface area contributed by atoms with Crippen LogP contribution in [-0.4, -0.2) is 37.6 Å². The highest BCUT2D eigenvalue weighted by atomic mass is 16.5. The zero-order chi connectivity index (χ0) is 22.3. The van der Waals surface area contributed by atoms with Gasteiger partial charge < -0.3 is 19.8 Å². The first-order chi connectivity index (χ1) is 15.5. The SMILES string of the molecule is CCOc1cc(-c2cccc(CC3(C(=O)O)CC3)c2)ccc1-c1nc2nc[nH]c2c(=O)[nH]1. The van der Waals surface area contributed by atoms with Crippen molar-refractivity contribution in [1.29, 1.82) is 0 Å². The largest absolute Gasteiger partial charge is 0.493 e. The monoisotopic (exact) mass is 430 g/mol. The predicted molar refractivity (Wildman–Crippen MR) is 120 cm³/mol. The number of aliphatic carboxylic acids is 1. The van der Waals surface area contributed by atoms with Gasteiger partial charge >= 0.3 is 5.97 Å². The molecule has 162 valence electrons. The first kappa shape index (κ1) is 20.0. The van der Waals surface area contributed by atoms with Crippen LogP contribution in [0.3, 0.4) is 0 Å². The number of carbonyl (C=O) groups is 1. The van der Waals surface area contributed by atoms with Crippen molar-refractivity contribution in [2.24, 2.45) is 5.41 Å². The Hall–Kier alpha value is -3.94. The minimum absolute atomic E-state index is 0.297. The van der Waals surface area contributed by atoms with Gasteiger partial charge in [-0.15, -0.1) is 0 Å². The van der Waals surface area contributed by atoms with Crippen LogP contribution in [-0.2, 0) is 11.2 Å². The lowest BCUT2D eigenvalue weighted by atomic mass is 9.93. The molecule has 1 aliphatic carbocycles. The zero-order valence-electron chi connectivity index (χ0n) is 17.5. The van der Waals surface area contributed by atoms with Crippen molar-refractivity contribution >= 4 is 17.1 Å². The van der Waals surface area contributed by atoms with E-state index in [1.54, 1.807) is 0 Å². The second-order valence-corrected chi connectivity index (χ2v) is 8.12. The molecule has 1 aliphatic rings. The van der Waals surface area contributed by atoms with E-state index >= 15 is 0 Å². The average molecular weight is 430 g/mol. The summed E-state index contributed by atoms with van der Waals surface area (Å²) in [5.41, 5.74) is 3.33. The fourth-order valence-corrected chi connectivity index (χ4v) is 4.01. The fraction of sp³-hybridized carbons (Fsp3) is 0.250. The Labute approximate surface area is 183 Å². The molecule has 2 heterocycles. The second kappa shape index (κ2) is 7.64. The molecule has 0 atom stereocenters. The van der Waals surface area contributed by atoms with E-state index in [2.05, 4.69) is 19.9 Å². The second-order valence-electron chi connectivity index (χ2n) is 8.12. The lowest BCUT2D eigenvalue weighted by molar-refractivity contribution is -0.143. The third-order valence-electron chi connectivity index (χ3n) is 5.94. The molecule has 2 aromatic carbocycles. The van der Waals surface area contributed by atoms with E-state index in [4.69, 9.17) is 4.74 Å². The molecular weight excluding hydrogens is 408 g/mol. The number of carboxylic acids is 1. The van der Waals surface area contributed by atoms with Crippen molar-refractivity contribution in [3.63, 3.8) is 0 Å². The predicted octanol–water partition coefficient (Wildman–Crippen LogP) is 3.79. The summed E-state index contributed by atoms with van der Waals surface area (Å²) in [6.07, 6.45) is 3.41. The molecule has 0 spiro atoms. The zero-order valence-corrected chi connectivity index (χ0v) is 17.5. The Kier molecular flexibility index (Phi) is 4.77. The number of aromatic amines is 2. The molecule has 32 heavy (non-hydrogen) atoms. The maximum absolute atomic E-state index is 12.3. The summed E-state index contributed by atoms with van der Waals surface area (Å²) in [5, 5.41) is 9.50. The van der Waals surface area contributed by atoms with Crippen LogP contribution in [0.25, 0.3) is 33.7 Å². The van der Waals surface area contributed by atoms with E-state index in [-0.39, 0.29) is 5.56 Å². The van der Waals surface area contributed by atoms with Gasteiger partial charge in [0.05, 0.1) is 23.9 Å². The highest BCUT2D eigenvalue weighted by Gasteiger charge is 2.49. The molecule has 2 aromatic heterocycles. The number of imidazole rings is 1. The van der Waals surface area contributed by atoms with Crippen LogP contribution in [0.15, 0.2) is 53.6 Å². The van der Waals surface area contributed by atoms with Crippen molar-refractivity contribution in [3.05, 3.63) is 64.7 Å². The minimum atomic E-state index is -0.721.